The molecule has 0 aliphatic carbocycles. The zero-order valence-electron chi connectivity index (χ0n) is 13.0. The van der Waals surface area contributed by atoms with Crippen molar-refractivity contribution in [2.45, 2.75) is 0 Å². The lowest BCUT2D eigenvalue weighted by atomic mass is 10.1. The fourth-order valence-electron chi connectivity index (χ4n) is 3.04. The summed E-state index contributed by atoms with van der Waals surface area (Å²) in [5.74, 6) is 0. The van der Waals surface area contributed by atoms with E-state index in [4.69, 9.17) is 0 Å². The molecule has 1 aromatic carbocycles. The van der Waals surface area contributed by atoms with Gasteiger partial charge in [-0.2, -0.15) is 10.2 Å². The Hall–Kier alpha value is -3.41. The van der Waals surface area contributed by atoms with Crippen molar-refractivity contribution in [3.8, 4) is 22.5 Å². The number of H-pyrrole nitrogens is 2. The summed E-state index contributed by atoms with van der Waals surface area (Å²) in [5.41, 5.74) is 5.79. The first-order chi connectivity index (χ1) is 11.8. The number of benzene rings is 1. The molecule has 0 aliphatic heterocycles. The third-order valence-corrected chi connectivity index (χ3v) is 4.24. The minimum atomic E-state index is 0.774. The molecule has 0 saturated heterocycles. The standard InChI is InChI=1S/C18H14N6/c1-24-10-13(9-20-24)12-6-14-17(22-23-18(14)19-8-12)16-7-11-4-2-3-5-15(11)21-16/h2-10,21H,1H3,(H,19,22,23). The van der Waals surface area contributed by atoms with Gasteiger partial charge in [0.2, 0.25) is 0 Å². The van der Waals surface area contributed by atoms with Gasteiger partial charge in [-0.1, -0.05) is 18.2 Å². The smallest absolute Gasteiger partial charge is 0.155 e. The molecule has 5 aromatic rings. The largest absolute Gasteiger partial charge is 0.353 e. The number of pyridine rings is 1. The molecule has 6 heteroatoms. The number of aromatic amines is 2. The van der Waals surface area contributed by atoms with Crippen LogP contribution in [-0.4, -0.2) is 29.9 Å². The molecule has 6 nitrogen and oxygen atoms in total. The normalized spacial score (nSPS) is 11.5. The summed E-state index contributed by atoms with van der Waals surface area (Å²) in [4.78, 5) is 7.92. The first-order valence-corrected chi connectivity index (χ1v) is 7.69. The monoisotopic (exact) mass is 314 g/mol. The molecule has 0 atom stereocenters. The van der Waals surface area contributed by atoms with Gasteiger partial charge in [0.1, 0.15) is 5.69 Å². The van der Waals surface area contributed by atoms with Crippen LogP contribution in [0.25, 0.3) is 44.5 Å². The Labute approximate surface area is 137 Å². The van der Waals surface area contributed by atoms with E-state index in [1.54, 1.807) is 4.68 Å². The summed E-state index contributed by atoms with van der Waals surface area (Å²) in [7, 11) is 1.91. The Kier molecular flexibility index (Phi) is 2.61. The van der Waals surface area contributed by atoms with E-state index in [1.807, 2.05) is 37.8 Å². The number of fused-ring (bicyclic) bond motifs is 2. The summed E-state index contributed by atoms with van der Waals surface area (Å²) in [5, 5.41) is 13.9. The van der Waals surface area contributed by atoms with Gasteiger partial charge in [0, 0.05) is 46.9 Å². The molecule has 0 bridgehead atoms. The second kappa shape index (κ2) is 4.79. The Balaban J connectivity index is 1.70. The highest BCUT2D eigenvalue weighted by Crippen LogP contribution is 2.30. The maximum atomic E-state index is 4.50. The third kappa shape index (κ3) is 1.93. The number of hydrogen-bond acceptors (Lipinski definition) is 3. The summed E-state index contributed by atoms with van der Waals surface area (Å²) in [6.45, 7) is 0. The van der Waals surface area contributed by atoms with Crippen LogP contribution in [0.2, 0.25) is 0 Å². The van der Waals surface area contributed by atoms with Crippen molar-refractivity contribution in [3.05, 3.63) is 55.0 Å². The molecular formula is C18H14N6. The summed E-state index contributed by atoms with van der Waals surface area (Å²) >= 11 is 0. The van der Waals surface area contributed by atoms with E-state index < -0.39 is 0 Å². The van der Waals surface area contributed by atoms with Gasteiger partial charge in [-0.05, 0) is 18.2 Å². The predicted octanol–water partition coefficient (Wildman–Crippen LogP) is 3.51. The number of nitrogens with one attached hydrogen (secondary N) is 2. The highest BCUT2D eigenvalue weighted by atomic mass is 15.2. The number of hydrogen-bond donors (Lipinski definition) is 2. The molecule has 0 unspecified atom stereocenters. The number of rotatable bonds is 2. The Bertz CT molecular complexity index is 1140. The molecule has 0 amide bonds. The summed E-state index contributed by atoms with van der Waals surface area (Å²) in [6.07, 6.45) is 5.66. The zero-order valence-corrected chi connectivity index (χ0v) is 13.0. The maximum Gasteiger partial charge on any atom is 0.155 e. The molecule has 5 rings (SSSR count). The molecule has 4 aromatic heterocycles. The van der Waals surface area contributed by atoms with E-state index in [0.29, 0.717) is 0 Å². The van der Waals surface area contributed by atoms with Crippen molar-refractivity contribution in [3.63, 3.8) is 0 Å². The molecule has 24 heavy (non-hydrogen) atoms. The molecule has 0 aliphatic rings. The minimum absolute atomic E-state index is 0.774. The van der Waals surface area contributed by atoms with Crippen molar-refractivity contribution < 1.29 is 0 Å². The van der Waals surface area contributed by atoms with Crippen molar-refractivity contribution in [1.29, 1.82) is 0 Å². The molecule has 2 N–H and O–H groups in total. The summed E-state index contributed by atoms with van der Waals surface area (Å²) in [6, 6.07) is 12.4. The van der Waals surface area contributed by atoms with E-state index in [2.05, 4.69) is 49.5 Å². The number of nitrogens with zero attached hydrogens (tertiary/aromatic N) is 4. The van der Waals surface area contributed by atoms with Crippen LogP contribution in [0.5, 0.6) is 0 Å². The van der Waals surface area contributed by atoms with E-state index in [0.717, 1.165) is 39.1 Å². The van der Waals surface area contributed by atoms with Crippen molar-refractivity contribution in [1.82, 2.24) is 29.9 Å². The van der Waals surface area contributed by atoms with Gasteiger partial charge in [-0.15, -0.1) is 0 Å². The van der Waals surface area contributed by atoms with E-state index >= 15 is 0 Å². The highest BCUT2D eigenvalue weighted by Gasteiger charge is 2.13. The van der Waals surface area contributed by atoms with E-state index in [1.165, 1.54) is 5.39 Å². The lowest BCUT2D eigenvalue weighted by molar-refractivity contribution is 0.768. The highest BCUT2D eigenvalue weighted by molar-refractivity contribution is 5.95. The first kappa shape index (κ1) is 13.1. The fourth-order valence-corrected chi connectivity index (χ4v) is 3.04. The van der Waals surface area contributed by atoms with Crippen LogP contribution < -0.4 is 0 Å². The second-order valence-electron chi connectivity index (χ2n) is 5.87. The SMILES string of the molecule is Cn1cc(-c2cnc3[nH]nc(-c4cc5ccccc5[nH]4)c3c2)cn1. The average Bonchev–Trinajstić information content (AvgIpc) is 3.30. The van der Waals surface area contributed by atoms with Gasteiger partial charge < -0.3 is 4.98 Å². The molecule has 0 saturated carbocycles. The number of aromatic nitrogens is 6. The lowest BCUT2D eigenvalue weighted by Gasteiger charge is -1.98. The van der Waals surface area contributed by atoms with Crippen molar-refractivity contribution in [2.24, 2.45) is 7.05 Å². The Morgan fingerprint density at radius 3 is 2.79 bits per heavy atom. The van der Waals surface area contributed by atoms with Crippen LogP contribution >= 0.6 is 0 Å². The van der Waals surface area contributed by atoms with Gasteiger partial charge in [0.05, 0.1) is 11.9 Å². The molecule has 0 fully saturated rings. The Morgan fingerprint density at radius 1 is 1.04 bits per heavy atom. The molecular weight excluding hydrogens is 300 g/mol. The average molecular weight is 314 g/mol. The van der Waals surface area contributed by atoms with Gasteiger partial charge in [-0.3, -0.25) is 9.78 Å². The summed E-state index contributed by atoms with van der Waals surface area (Å²) < 4.78 is 1.79. The fraction of sp³-hybridized carbons (Fsp3) is 0.0556. The zero-order chi connectivity index (χ0) is 16.1. The lowest BCUT2D eigenvalue weighted by Crippen LogP contribution is -1.84. The second-order valence-corrected chi connectivity index (χ2v) is 5.87. The topological polar surface area (TPSA) is 75.2 Å². The third-order valence-electron chi connectivity index (χ3n) is 4.24. The van der Waals surface area contributed by atoms with E-state index in [9.17, 15) is 0 Å². The van der Waals surface area contributed by atoms with Crippen LogP contribution in [0.3, 0.4) is 0 Å². The van der Waals surface area contributed by atoms with Crippen LogP contribution in [-0.2, 0) is 7.05 Å². The number of para-hydroxylation sites is 1. The van der Waals surface area contributed by atoms with E-state index in [-0.39, 0.29) is 0 Å². The molecule has 0 spiro atoms. The predicted molar refractivity (Wildman–Crippen MR) is 93.4 cm³/mol. The van der Waals surface area contributed by atoms with Crippen LogP contribution in [0.15, 0.2) is 55.0 Å². The molecule has 116 valence electrons. The van der Waals surface area contributed by atoms with Gasteiger partial charge in [0.15, 0.2) is 5.65 Å². The Morgan fingerprint density at radius 2 is 1.96 bits per heavy atom. The van der Waals surface area contributed by atoms with Gasteiger partial charge in [-0.25, -0.2) is 4.98 Å². The van der Waals surface area contributed by atoms with Crippen LogP contribution in [0, 0.1) is 0 Å². The van der Waals surface area contributed by atoms with Crippen molar-refractivity contribution >= 4 is 21.9 Å². The van der Waals surface area contributed by atoms with Gasteiger partial charge in [0.25, 0.3) is 0 Å². The minimum Gasteiger partial charge on any atom is -0.353 e. The first-order valence-electron chi connectivity index (χ1n) is 7.69. The van der Waals surface area contributed by atoms with Crippen LogP contribution in [0.4, 0.5) is 0 Å². The number of aryl methyl sites for hydroxylation is 1. The van der Waals surface area contributed by atoms with Gasteiger partial charge >= 0.3 is 0 Å². The van der Waals surface area contributed by atoms with Crippen molar-refractivity contribution in [2.75, 3.05) is 0 Å². The quantitative estimate of drug-likeness (QED) is 0.523. The maximum absolute atomic E-state index is 4.50. The van der Waals surface area contributed by atoms with Crippen LogP contribution in [0.1, 0.15) is 0 Å². The molecule has 0 radical (unpaired) electrons. The molecule has 4 heterocycles.